The Labute approximate surface area is 144 Å². The molecule has 1 amide bonds. The summed E-state index contributed by atoms with van der Waals surface area (Å²) < 4.78 is 5.79. The predicted molar refractivity (Wildman–Crippen MR) is 93.3 cm³/mol. The van der Waals surface area contributed by atoms with E-state index < -0.39 is 5.60 Å². The van der Waals surface area contributed by atoms with Gasteiger partial charge in [-0.25, -0.2) is 4.98 Å². The quantitative estimate of drug-likeness (QED) is 0.869. The molecule has 1 fully saturated rings. The molecule has 1 aromatic rings. The molecule has 5 nitrogen and oxygen atoms in total. The topological polar surface area (TPSA) is 62.7 Å². The lowest BCUT2D eigenvalue weighted by molar-refractivity contribution is -0.122. The summed E-state index contributed by atoms with van der Waals surface area (Å²) in [7, 11) is 0. The first kappa shape index (κ1) is 17.2. The Morgan fingerprint density at radius 2 is 2.17 bits per heavy atom. The summed E-state index contributed by atoms with van der Waals surface area (Å²) in [6, 6.07) is 2.09. The van der Waals surface area contributed by atoms with E-state index in [9.17, 15) is 9.90 Å². The van der Waals surface area contributed by atoms with Crippen LogP contribution in [0.15, 0.2) is 12.3 Å². The summed E-state index contributed by atoms with van der Waals surface area (Å²) in [5.41, 5.74) is 0.464. The molecule has 0 bridgehead atoms. The largest absolute Gasteiger partial charge is 0.492 e. The highest BCUT2D eigenvalue weighted by molar-refractivity contribution is 5.96. The van der Waals surface area contributed by atoms with Gasteiger partial charge in [-0.15, -0.1) is 0 Å². The molecule has 0 aromatic carbocycles. The number of aliphatic hydroxyl groups is 1. The third-order valence-corrected chi connectivity index (χ3v) is 5.24. The first-order chi connectivity index (χ1) is 11.4. The molecule has 132 valence electrons. The molecule has 1 saturated carbocycles. The van der Waals surface area contributed by atoms with Crippen molar-refractivity contribution in [3.63, 3.8) is 0 Å². The van der Waals surface area contributed by atoms with E-state index in [4.69, 9.17) is 4.74 Å². The highest BCUT2D eigenvalue weighted by Gasteiger charge is 2.47. The van der Waals surface area contributed by atoms with Crippen LogP contribution in [0.25, 0.3) is 0 Å². The van der Waals surface area contributed by atoms with Crippen LogP contribution in [0.1, 0.15) is 58.4 Å². The van der Waals surface area contributed by atoms with Crippen molar-refractivity contribution in [2.24, 2.45) is 5.92 Å². The van der Waals surface area contributed by atoms with E-state index in [1.54, 1.807) is 11.1 Å². The highest BCUT2D eigenvalue weighted by atomic mass is 16.5. The number of nitrogens with zero attached hydrogens (tertiary/aromatic N) is 2. The smallest absolute Gasteiger partial charge is 0.228 e. The Balaban J connectivity index is 1.72. The minimum absolute atomic E-state index is 0.0710. The molecular weight excluding hydrogens is 304 g/mol. The number of anilines is 1. The van der Waals surface area contributed by atoms with Gasteiger partial charge in [0.05, 0.1) is 18.4 Å². The maximum absolute atomic E-state index is 12.4. The van der Waals surface area contributed by atoms with E-state index in [1.165, 1.54) is 0 Å². The number of carbonyl (C=O) groups is 1. The SMILES string of the molecule is CCC1(O)CC(N2C(=O)CCc3cc(OCCC(C)C)cnc32)C1. The molecule has 5 heteroatoms. The lowest BCUT2D eigenvalue weighted by Gasteiger charge is -2.49. The van der Waals surface area contributed by atoms with Crippen LogP contribution < -0.4 is 9.64 Å². The standard InChI is InChI=1S/C19H28N2O3/c1-4-19(23)10-15(11-19)21-17(22)6-5-14-9-16(12-20-18(14)21)24-8-7-13(2)3/h9,12-13,15,23H,4-8,10-11H2,1-3H3. The van der Waals surface area contributed by atoms with Crippen molar-refractivity contribution in [3.8, 4) is 5.75 Å². The van der Waals surface area contributed by atoms with Gasteiger partial charge in [-0.3, -0.25) is 9.69 Å². The Hall–Kier alpha value is -1.62. The third kappa shape index (κ3) is 3.41. The van der Waals surface area contributed by atoms with Crippen LogP contribution in [0.5, 0.6) is 5.75 Å². The minimum Gasteiger partial charge on any atom is -0.492 e. The first-order valence-corrected chi connectivity index (χ1v) is 9.08. The molecule has 24 heavy (non-hydrogen) atoms. The van der Waals surface area contributed by atoms with Crippen LogP contribution in [0, 0.1) is 5.92 Å². The average molecular weight is 332 g/mol. The molecule has 1 aromatic heterocycles. The number of hydrogen-bond donors (Lipinski definition) is 1. The molecule has 2 heterocycles. The van der Waals surface area contributed by atoms with Gasteiger partial charge in [0.25, 0.3) is 0 Å². The summed E-state index contributed by atoms with van der Waals surface area (Å²) in [5, 5.41) is 10.3. The minimum atomic E-state index is -0.609. The summed E-state index contributed by atoms with van der Waals surface area (Å²) in [4.78, 5) is 18.7. The number of ether oxygens (including phenoxy) is 1. The molecule has 1 aliphatic carbocycles. The fraction of sp³-hybridized carbons (Fsp3) is 0.684. The first-order valence-electron chi connectivity index (χ1n) is 9.08. The summed E-state index contributed by atoms with van der Waals surface area (Å²) >= 11 is 0. The molecule has 3 rings (SSSR count). The van der Waals surface area contributed by atoms with Crippen LogP contribution in [-0.4, -0.2) is 34.2 Å². The normalized spacial score (nSPS) is 26.3. The van der Waals surface area contributed by atoms with Crippen LogP contribution in [0.3, 0.4) is 0 Å². The molecule has 1 aliphatic heterocycles. The third-order valence-electron chi connectivity index (χ3n) is 5.24. The molecule has 2 aliphatic rings. The molecular formula is C19H28N2O3. The molecule has 0 radical (unpaired) electrons. The van der Waals surface area contributed by atoms with E-state index in [-0.39, 0.29) is 11.9 Å². The highest BCUT2D eigenvalue weighted by Crippen LogP contribution is 2.42. The van der Waals surface area contributed by atoms with Crippen molar-refractivity contribution < 1.29 is 14.6 Å². The zero-order valence-corrected chi connectivity index (χ0v) is 14.9. The molecule has 0 atom stereocenters. The predicted octanol–water partition coefficient (Wildman–Crippen LogP) is 3.09. The van der Waals surface area contributed by atoms with Gasteiger partial charge in [-0.2, -0.15) is 0 Å². The second-order valence-corrected chi connectivity index (χ2v) is 7.59. The van der Waals surface area contributed by atoms with Crippen LogP contribution in [-0.2, 0) is 11.2 Å². The van der Waals surface area contributed by atoms with Gasteiger partial charge in [-0.1, -0.05) is 20.8 Å². The van der Waals surface area contributed by atoms with Crippen molar-refractivity contribution in [3.05, 3.63) is 17.8 Å². The van der Waals surface area contributed by atoms with Crippen molar-refractivity contribution in [1.82, 2.24) is 4.98 Å². The maximum Gasteiger partial charge on any atom is 0.228 e. The van der Waals surface area contributed by atoms with E-state index in [1.807, 2.05) is 13.0 Å². The van der Waals surface area contributed by atoms with Gasteiger partial charge in [-0.05, 0) is 49.7 Å². The Morgan fingerprint density at radius 3 is 2.83 bits per heavy atom. The van der Waals surface area contributed by atoms with Gasteiger partial charge >= 0.3 is 0 Å². The van der Waals surface area contributed by atoms with Gasteiger partial charge in [0.1, 0.15) is 11.6 Å². The van der Waals surface area contributed by atoms with Crippen molar-refractivity contribution in [1.29, 1.82) is 0 Å². The lowest BCUT2D eigenvalue weighted by Crippen LogP contribution is -2.58. The van der Waals surface area contributed by atoms with Gasteiger partial charge in [0.15, 0.2) is 0 Å². The van der Waals surface area contributed by atoms with Gasteiger partial charge in [0, 0.05) is 12.5 Å². The fourth-order valence-electron chi connectivity index (χ4n) is 3.52. The van der Waals surface area contributed by atoms with Crippen LogP contribution >= 0.6 is 0 Å². The maximum atomic E-state index is 12.4. The Morgan fingerprint density at radius 1 is 1.42 bits per heavy atom. The molecule has 0 saturated heterocycles. The zero-order chi connectivity index (χ0) is 17.3. The van der Waals surface area contributed by atoms with Crippen molar-refractivity contribution in [2.75, 3.05) is 11.5 Å². The molecule has 0 unspecified atom stereocenters. The monoisotopic (exact) mass is 332 g/mol. The summed E-state index contributed by atoms with van der Waals surface area (Å²) in [6.07, 6.45) is 5.96. The van der Waals surface area contributed by atoms with Gasteiger partial charge < -0.3 is 9.84 Å². The average Bonchev–Trinajstić information content (AvgIpc) is 2.52. The number of fused-ring (bicyclic) bond motifs is 1. The summed E-state index contributed by atoms with van der Waals surface area (Å²) in [5.74, 6) is 2.26. The van der Waals surface area contributed by atoms with Crippen LogP contribution in [0.2, 0.25) is 0 Å². The summed E-state index contributed by atoms with van der Waals surface area (Å²) in [6.45, 7) is 7.02. The lowest BCUT2D eigenvalue weighted by atomic mass is 9.73. The Kier molecular flexibility index (Phi) is 4.81. The zero-order valence-electron chi connectivity index (χ0n) is 14.9. The van der Waals surface area contributed by atoms with E-state index in [0.717, 1.165) is 30.0 Å². The van der Waals surface area contributed by atoms with Crippen LogP contribution in [0.4, 0.5) is 5.82 Å². The number of carbonyl (C=O) groups excluding carboxylic acids is 1. The van der Waals surface area contributed by atoms with Crippen molar-refractivity contribution in [2.45, 2.75) is 70.9 Å². The van der Waals surface area contributed by atoms with E-state index in [0.29, 0.717) is 38.2 Å². The fourth-order valence-corrected chi connectivity index (χ4v) is 3.52. The molecule has 0 spiro atoms. The number of aromatic nitrogens is 1. The number of pyridine rings is 1. The van der Waals surface area contributed by atoms with Crippen molar-refractivity contribution >= 4 is 11.7 Å². The number of rotatable bonds is 6. The van der Waals surface area contributed by atoms with Gasteiger partial charge in [0.2, 0.25) is 5.91 Å². The number of aryl methyl sites for hydroxylation is 1. The number of amides is 1. The second kappa shape index (κ2) is 6.71. The number of hydrogen-bond acceptors (Lipinski definition) is 4. The van der Waals surface area contributed by atoms with E-state index in [2.05, 4.69) is 18.8 Å². The Bertz CT molecular complexity index is 609. The van der Waals surface area contributed by atoms with E-state index >= 15 is 0 Å². The second-order valence-electron chi connectivity index (χ2n) is 7.59. The molecule has 1 N–H and O–H groups in total.